The molecule has 1 aliphatic heterocycles. The normalized spacial score (nSPS) is 16.3. The maximum Gasteiger partial charge on any atom is 0.134 e. The Morgan fingerprint density at radius 3 is 2.84 bits per heavy atom. The molecule has 2 rings (SSSR count). The molecule has 19 heavy (non-hydrogen) atoms. The predicted molar refractivity (Wildman–Crippen MR) is 76.7 cm³/mol. The molecule has 0 unspecified atom stereocenters. The van der Waals surface area contributed by atoms with Crippen molar-refractivity contribution in [3.8, 4) is 0 Å². The Hall–Kier alpha value is -1.40. The molecule has 1 aromatic heterocycles. The largest absolute Gasteiger partial charge is 0.381 e. The van der Waals surface area contributed by atoms with E-state index in [-0.39, 0.29) is 0 Å². The highest BCUT2D eigenvalue weighted by molar-refractivity contribution is 5.48. The van der Waals surface area contributed by atoms with Gasteiger partial charge < -0.3 is 20.3 Å². The summed E-state index contributed by atoms with van der Waals surface area (Å²) < 4.78 is 5.40. The van der Waals surface area contributed by atoms with E-state index >= 15 is 0 Å². The van der Waals surface area contributed by atoms with Crippen molar-refractivity contribution in [3.05, 3.63) is 12.4 Å². The molecule has 0 saturated carbocycles. The molecule has 2 heterocycles. The van der Waals surface area contributed by atoms with E-state index in [4.69, 9.17) is 4.74 Å². The summed E-state index contributed by atoms with van der Waals surface area (Å²) in [7, 11) is 4.03. The van der Waals surface area contributed by atoms with E-state index in [2.05, 4.69) is 32.5 Å². The molecule has 1 aromatic rings. The Balaban J connectivity index is 1.96. The van der Waals surface area contributed by atoms with Crippen molar-refractivity contribution in [2.24, 2.45) is 0 Å². The van der Waals surface area contributed by atoms with E-state index in [1.54, 1.807) is 6.33 Å². The summed E-state index contributed by atoms with van der Waals surface area (Å²) in [5.74, 6) is 1.84. The van der Waals surface area contributed by atoms with Gasteiger partial charge in [0.25, 0.3) is 0 Å². The maximum absolute atomic E-state index is 5.40. The molecule has 6 nitrogen and oxygen atoms in total. The third-order valence-electron chi connectivity index (χ3n) is 3.43. The van der Waals surface area contributed by atoms with Gasteiger partial charge in [0, 0.05) is 45.5 Å². The number of nitrogens with zero attached hydrogens (tertiary/aromatic N) is 3. The number of hydrogen-bond donors (Lipinski definition) is 2. The number of aromatic nitrogens is 2. The first-order chi connectivity index (χ1) is 9.31. The minimum Gasteiger partial charge on any atom is -0.381 e. The van der Waals surface area contributed by atoms with E-state index in [0.717, 1.165) is 50.8 Å². The van der Waals surface area contributed by atoms with Gasteiger partial charge in [0.1, 0.15) is 18.0 Å². The smallest absolute Gasteiger partial charge is 0.134 e. The van der Waals surface area contributed by atoms with Crippen LogP contribution in [0.2, 0.25) is 0 Å². The summed E-state index contributed by atoms with van der Waals surface area (Å²) in [6, 6.07) is 2.51. The minimum atomic E-state index is 0.508. The molecule has 0 spiro atoms. The van der Waals surface area contributed by atoms with Crippen LogP contribution in [0.4, 0.5) is 11.6 Å². The number of nitrogens with one attached hydrogen (secondary N) is 2. The van der Waals surface area contributed by atoms with Crippen molar-refractivity contribution in [2.75, 3.05) is 50.6 Å². The lowest BCUT2D eigenvalue weighted by atomic mass is 10.1. The monoisotopic (exact) mass is 265 g/mol. The molecule has 0 amide bonds. The fraction of sp³-hybridized carbons (Fsp3) is 0.692. The van der Waals surface area contributed by atoms with Gasteiger partial charge in [-0.15, -0.1) is 0 Å². The van der Waals surface area contributed by atoms with Crippen molar-refractivity contribution in [2.45, 2.75) is 18.9 Å². The lowest BCUT2D eigenvalue weighted by Gasteiger charge is -2.32. The summed E-state index contributed by atoms with van der Waals surface area (Å²) in [5.41, 5.74) is 0. The molecular formula is C13H23N5O. The first-order valence-corrected chi connectivity index (χ1v) is 6.82. The van der Waals surface area contributed by atoms with Gasteiger partial charge in [-0.1, -0.05) is 0 Å². The van der Waals surface area contributed by atoms with Crippen LogP contribution in [-0.4, -0.2) is 56.4 Å². The van der Waals surface area contributed by atoms with E-state index in [0.29, 0.717) is 6.04 Å². The van der Waals surface area contributed by atoms with Crippen LogP contribution in [0.5, 0.6) is 0 Å². The van der Waals surface area contributed by atoms with Gasteiger partial charge in [0.2, 0.25) is 0 Å². The molecule has 0 radical (unpaired) electrons. The zero-order valence-electron chi connectivity index (χ0n) is 11.7. The Morgan fingerprint density at radius 2 is 2.11 bits per heavy atom. The van der Waals surface area contributed by atoms with Crippen LogP contribution in [0.3, 0.4) is 0 Å². The maximum atomic E-state index is 5.40. The highest BCUT2D eigenvalue weighted by Gasteiger charge is 2.19. The number of hydrogen-bond acceptors (Lipinski definition) is 6. The summed E-state index contributed by atoms with van der Waals surface area (Å²) in [4.78, 5) is 10.8. The van der Waals surface area contributed by atoms with Gasteiger partial charge in [0.05, 0.1) is 0 Å². The first-order valence-electron chi connectivity index (χ1n) is 6.82. The highest BCUT2D eigenvalue weighted by atomic mass is 16.5. The molecule has 1 saturated heterocycles. The van der Waals surface area contributed by atoms with Crippen LogP contribution in [0.15, 0.2) is 12.4 Å². The molecule has 106 valence electrons. The lowest BCUT2D eigenvalue weighted by Crippen LogP contribution is -2.37. The van der Waals surface area contributed by atoms with E-state index < -0.39 is 0 Å². The van der Waals surface area contributed by atoms with Crippen LogP contribution in [0.25, 0.3) is 0 Å². The molecule has 0 aromatic carbocycles. The van der Waals surface area contributed by atoms with E-state index in [1.807, 2.05) is 13.1 Å². The van der Waals surface area contributed by atoms with Crippen molar-refractivity contribution in [1.29, 1.82) is 0 Å². The second kappa shape index (κ2) is 7.25. The van der Waals surface area contributed by atoms with Crippen LogP contribution < -0.4 is 15.5 Å². The van der Waals surface area contributed by atoms with E-state index in [1.165, 1.54) is 0 Å². The Kier molecular flexibility index (Phi) is 5.35. The van der Waals surface area contributed by atoms with Gasteiger partial charge in [-0.2, -0.15) is 0 Å². The van der Waals surface area contributed by atoms with Gasteiger partial charge in [-0.05, 0) is 19.9 Å². The van der Waals surface area contributed by atoms with Crippen LogP contribution in [0, 0.1) is 0 Å². The van der Waals surface area contributed by atoms with Crippen LogP contribution in [0.1, 0.15) is 12.8 Å². The van der Waals surface area contributed by atoms with Gasteiger partial charge in [-0.3, -0.25) is 0 Å². The van der Waals surface area contributed by atoms with E-state index in [9.17, 15) is 0 Å². The molecule has 2 N–H and O–H groups in total. The average Bonchev–Trinajstić information content (AvgIpc) is 2.48. The molecular weight excluding hydrogens is 242 g/mol. The SMILES string of the molecule is CNCCNc1cc(N(C)C2CCOCC2)ncn1. The van der Waals surface area contributed by atoms with Gasteiger partial charge in [-0.25, -0.2) is 9.97 Å². The second-order valence-electron chi connectivity index (χ2n) is 4.75. The van der Waals surface area contributed by atoms with Crippen molar-refractivity contribution in [3.63, 3.8) is 0 Å². The Labute approximate surface area is 114 Å². The summed E-state index contributed by atoms with van der Waals surface area (Å²) in [6.07, 6.45) is 3.74. The zero-order valence-corrected chi connectivity index (χ0v) is 11.7. The molecule has 6 heteroatoms. The minimum absolute atomic E-state index is 0.508. The van der Waals surface area contributed by atoms with Crippen LogP contribution in [-0.2, 0) is 4.74 Å². The summed E-state index contributed by atoms with van der Waals surface area (Å²) in [6.45, 7) is 3.45. The molecule has 1 fully saturated rings. The standard InChI is InChI=1S/C13H23N5O/c1-14-5-6-15-12-9-13(17-10-16-12)18(2)11-3-7-19-8-4-11/h9-11,14H,3-8H2,1-2H3,(H,15,16,17). The third-order valence-corrected chi connectivity index (χ3v) is 3.43. The average molecular weight is 265 g/mol. The molecule has 0 bridgehead atoms. The fourth-order valence-electron chi connectivity index (χ4n) is 2.21. The number of anilines is 2. The topological polar surface area (TPSA) is 62.3 Å². The number of likely N-dealkylation sites (N-methyl/N-ethyl adjacent to an activating group) is 1. The molecule has 0 atom stereocenters. The Morgan fingerprint density at radius 1 is 1.32 bits per heavy atom. The van der Waals surface area contributed by atoms with Crippen molar-refractivity contribution < 1.29 is 4.74 Å². The predicted octanol–water partition coefficient (Wildman–Crippen LogP) is 0.723. The van der Waals surface area contributed by atoms with Gasteiger partial charge >= 0.3 is 0 Å². The highest BCUT2D eigenvalue weighted by Crippen LogP contribution is 2.20. The summed E-state index contributed by atoms with van der Waals surface area (Å²) in [5, 5.41) is 6.38. The number of ether oxygens (including phenoxy) is 1. The lowest BCUT2D eigenvalue weighted by molar-refractivity contribution is 0.0853. The summed E-state index contributed by atoms with van der Waals surface area (Å²) >= 11 is 0. The van der Waals surface area contributed by atoms with Crippen molar-refractivity contribution in [1.82, 2.24) is 15.3 Å². The zero-order chi connectivity index (χ0) is 13.5. The Bertz CT molecular complexity index is 381. The van der Waals surface area contributed by atoms with Crippen LogP contribution >= 0.6 is 0 Å². The quantitative estimate of drug-likeness (QED) is 0.739. The molecule has 0 aliphatic carbocycles. The van der Waals surface area contributed by atoms with Crippen molar-refractivity contribution >= 4 is 11.6 Å². The van der Waals surface area contributed by atoms with Gasteiger partial charge in [0.15, 0.2) is 0 Å². The second-order valence-corrected chi connectivity index (χ2v) is 4.75. The number of rotatable bonds is 6. The first kappa shape index (κ1) is 14.0. The third kappa shape index (κ3) is 4.04. The fourth-order valence-corrected chi connectivity index (χ4v) is 2.21. The molecule has 1 aliphatic rings.